The standard InChI is InChI=1S/C26H28N4O3S2/c1-33-17-23-27-25(24-20-10-4-5-11-21(20)34-26(24)28-23)29-13-15-30(16-14-29)35(31,32)22-12-6-8-18-7-2-3-9-19(18)22/h2-3,6-9,12H,4-5,10-11,13-17H2,1H3. The lowest BCUT2D eigenvalue weighted by atomic mass is 9.97. The molecule has 0 bridgehead atoms. The van der Waals surface area contributed by atoms with Crippen LogP contribution in [0.5, 0.6) is 0 Å². The summed E-state index contributed by atoms with van der Waals surface area (Å²) >= 11 is 1.78. The number of hydrogen-bond acceptors (Lipinski definition) is 7. The summed E-state index contributed by atoms with van der Waals surface area (Å²) in [5.74, 6) is 1.61. The molecule has 1 aliphatic heterocycles. The molecule has 1 aliphatic carbocycles. The molecule has 3 heterocycles. The maximum absolute atomic E-state index is 13.6. The topological polar surface area (TPSA) is 75.6 Å². The Morgan fingerprint density at radius 3 is 2.57 bits per heavy atom. The number of aromatic nitrogens is 2. The third kappa shape index (κ3) is 4.00. The Labute approximate surface area is 209 Å². The highest BCUT2D eigenvalue weighted by Gasteiger charge is 2.32. The van der Waals surface area contributed by atoms with Crippen LogP contribution in [0.3, 0.4) is 0 Å². The van der Waals surface area contributed by atoms with Gasteiger partial charge in [-0.15, -0.1) is 11.3 Å². The second kappa shape index (κ2) is 9.13. The van der Waals surface area contributed by atoms with E-state index >= 15 is 0 Å². The van der Waals surface area contributed by atoms with Crippen LogP contribution in [0, 0.1) is 0 Å². The molecule has 4 aromatic rings. The van der Waals surface area contributed by atoms with Crippen molar-refractivity contribution in [3.8, 4) is 0 Å². The van der Waals surface area contributed by atoms with Gasteiger partial charge in [-0.3, -0.25) is 0 Å². The highest BCUT2D eigenvalue weighted by molar-refractivity contribution is 7.89. The Morgan fingerprint density at radius 1 is 0.971 bits per heavy atom. The van der Waals surface area contributed by atoms with Crippen LogP contribution in [0.2, 0.25) is 0 Å². The van der Waals surface area contributed by atoms with Gasteiger partial charge in [0.05, 0.1) is 10.3 Å². The Bertz CT molecular complexity index is 1500. The average molecular weight is 509 g/mol. The minimum Gasteiger partial charge on any atom is -0.377 e. The maximum atomic E-state index is 13.6. The number of benzene rings is 2. The number of sulfonamides is 1. The fourth-order valence-electron chi connectivity index (χ4n) is 5.30. The number of hydrogen-bond donors (Lipinski definition) is 0. The molecule has 2 aliphatic rings. The molecule has 1 saturated heterocycles. The summed E-state index contributed by atoms with van der Waals surface area (Å²) in [5, 5.41) is 2.86. The number of piperazine rings is 1. The molecule has 1 fully saturated rings. The van der Waals surface area contributed by atoms with E-state index in [2.05, 4.69) is 4.90 Å². The molecule has 0 spiro atoms. The molecule has 2 aromatic heterocycles. The number of aryl methyl sites for hydroxylation is 2. The lowest BCUT2D eigenvalue weighted by Gasteiger charge is -2.35. The van der Waals surface area contributed by atoms with Crippen molar-refractivity contribution in [1.82, 2.24) is 14.3 Å². The van der Waals surface area contributed by atoms with Crippen molar-refractivity contribution in [1.29, 1.82) is 0 Å². The van der Waals surface area contributed by atoms with E-state index in [1.807, 2.05) is 36.4 Å². The molecule has 6 rings (SSSR count). The zero-order valence-corrected chi connectivity index (χ0v) is 21.4. The van der Waals surface area contributed by atoms with Crippen molar-refractivity contribution in [2.24, 2.45) is 0 Å². The molecule has 9 heteroatoms. The summed E-state index contributed by atoms with van der Waals surface area (Å²) < 4.78 is 34.2. The van der Waals surface area contributed by atoms with E-state index in [-0.39, 0.29) is 0 Å². The largest absolute Gasteiger partial charge is 0.377 e. The smallest absolute Gasteiger partial charge is 0.243 e. The lowest BCUT2D eigenvalue weighted by Crippen LogP contribution is -2.49. The van der Waals surface area contributed by atoms with Crippen LogP contribution in [-0.4, -0.2) is 56.0 Å². The molecule has 0 radical (unpaired) electrons. The Balaban J connectivity index is 1.32. The van der Waals surface area contributed by atoms with Crippen LogP contribution in [0.1, 0.15) is 29.1 Å². The predicted molar refractivity (Wildman–Crippen MR) is 140 cm³/mol. The Hall–Kier alpha value is -2.59. The molecule has 0 amide bonds. The number of fused-ring (bicyclic) bond motifs is 4. The first-order chi connectivity index (χ1) is 17.1. The zero-order chi connectivity index (χ0) is 24.0. The number of anilines is 1. The minimum absolute atomic E-state index is 0.362. The molecule has 7 nitrogen and oxygen atoms in total. The van der Waals surface area contributed by atoms with Crippen LogP contribution in [0.15, 0.2) is 47.4 Å². The van der Waals surface area contributed by atoms with Crippen LogP contribution in [0.25, 0.3) is 21.0 Å². The van der Waals surface area contributed by atoms with Gasteiger partial charge >= 0.3 is 0 Å². The zero-order valence-electron chi connectivity index (χ0n) is 19.7. The third-order valence-electron chi connectivity index (χ3n) is 7.02. The number of ether oxygens (including phenoxy) is 1. The van der Waals surface area contributed by atoms with Gasteiger partial charge in [0.15, 0.2) is 5.82 Å². The van der Waals surface area contributed by atoms with Gasteiger partial charge in [-0.2, -0.15) is 4.31 Å². The van der Waals surface area contributed by atoms with Crippen molar-refractivity contribution >= 4 is 48.2 Å². The van der Waals surface area contributed by atoms with Crippen molar-refractivity contribution in [2.45, 2.75) is 37.2 Å². The van der Waals surface area contributed by atoms with Crippen molar-refractivity contribution in [2.75, 3.05) is 38.2 Å². The van der Waals surface area contributed by atoms with Crippen molar-refractivity contribution < 1.29 is 13.2 Å². The molecule has 0 atom stereocenters. The summed E-state index contributed by atoms with van der Waals surface area (Å²) in [7, 11) is -1.94. The molecule has 182 valence electrons. The molecular formula is C26H28N4O3S2. The normalized spacial score (nSPS) is 17.2. The van der Waals surface area contributed by atoms with E-state index in [4.69, 9.17) is 14.7 Å². The number of thiophene rings is 1. The molecule has 0 saturated carbocycles. The second-order valence-electron chi connectivity index (χ2n) is 9.16. The molecule has 0 N–H and O–H groups in total. The number of rotatable bonds is 5. The van der Waals surface area contributed by atoms with Gasteiger partial charge in [0.2, 0.25) is 10.0 Å². The van der Waals surface area contributed by atoms with Crippen molar-refractivity contribution in [3.05, 3.63) is 58.7 Å². The first-order valence-corrected chi connectivity index (χ1v) is 14.3. The minimum atomic E-state index is -3.60. The fourth-order valence-corrected chi connectivity index (χ4v) is 8.21. The van der Waals surface area contributed by atoms with Gasteiger partial charge in [0, 0.05) is 43.6 Å². The quantitative estimate of drug-likeness (QED) is 0.398. The maximum Gasteiger partial charge on any atom is 0.243 e. The lowest BCUT2D eigenvalue weighted by molar-refractivity contribution is 0.178. The molecule has 35 heavy (non-hydrogen) atoms. The van der Waals surface area contributed by atoms with Crippen LogP contribution < -0.4 is 4.90 Å². The highest BCUT2D eigenvalue weighted by atomic mass is 32.2. The van der Waals surface area contributed by atoms with E-state index in [0.717, 1.165) is 39.6 Å². The van der Waals surface area contributed by atoms with Gasteiger partial charge < -0.3 is 9.64 Å². The number of nitrogens with zero attached hydrogens (tertiary/aromatic N) is 4. The van der Waals surface area contributed by atoms with Gasteiger partial charge in [0.1, 0.15) is 17.3 Å². The molecular weight excluding hydrogens is 480 g/mol. The summed E-state index contributed by atoms with van der Waals surface area (Å²) in [6, 6.07) is 13.1. The Morgan fingerprint density at radius 2 is 1.74 bits per heavy atom. The highest BCUT2D eigenvalue weighted by Crippen LogP contribution is 2.40. The van der Waals surface area contributed by atoms with E-state index in [1.54, 1.807) is 28.8 Å². The third-order valence-corrected chi connectivity index (χ3v) is 10.2. The van der Waals surface area contributed by atoms with Crippen LogP contribution in [-0.2, 0) is 34.2 Å². The molecule has 2 aromatic carbocycles. The monoisotopic (exact) mass is 508 g/mol. The van der Waals surface area contributed by atoms with E-state index in [0.29, 0.717) is 43.5 Å². The summed E-state index contributed by atoms with van der Waals surface area (Å²) in [4.78, 5) is 14.8. The van der Waals surface area contributed by atoms with Crippen LogP contribution in [0.4, 0.5) is 5.82 Å². The number of methoxy groups -OCH3 is 1. The van der Waals surface area contributed by atoms with E-state index in [9.17, 15) is 8.42 Å². The van der Waals surface area contributed by atoms with Gasteiger partial charge in [-0.25, -0.2) is 18.4 Å². The van der Waals surface area contributed by atoms with Crippen molar-refractivity contribution in [3.63, 3.8) is 0 Å². The predicted octanol–water partition coefficient (Wildman–Crippen LogP) is 4.38. The van der Waals surface area contributed by atoms with E-state index < -0.39 is 10.0 Å². The average Bonchev–Trinajstić information content (AvgIpc) is 3.26. The SMILES string of the molecule is COCc1nc(N2CCN(S(=O)(=O)c3cccc4ccccc34)CC2)c2c3c(sc2n1)CCCC3. The first kappa shape index (κ1) is 22.8. The Kier molecular flexibility index (Phi) is 5.96. The van der Waals surface area contributed by atoms with Crippen LogP contribution >= 0.6 is 11.3 Å². The second-order valence-corrected chi connectivity index (χ2v) is 12.1. The summed E-state index contributed by atoms with van der Waals surface area (Å²) in [6.07, 6.45) is 4.57. The van der Waals surface area contributed by atoms with E-state index in [1.165, 1.54) is 23.3 Å². The van der Waals surface area contributed by atoms with Gasteiger partial charge in [-0.1, -0.05) is 36.4 Å². The fraction of sp³-hybridized carbons (Fsp3) is 0.385. The first-order valence-electron chi connectivity index (χ1n) is 12.1. The summed E-state index contributed by atoms with van der Waals surface area (Å²) in [5.41, 5.74) is 1.39. The molecule has 0 unspecified atom stereocenters. The summed E-state index contributed by atoms with van der Waals surface area (Å²) in [6.45, 7) is 2.38. The van der Waals surface area contributed by atoms with Gasteiger partial charge in [-0.05, 0) is 42.7 Å². The van der Waals surface area contributed by atoms with Gasteiger partial charge in [0.25, 0.3) is 0 Å².